The zero-order valence-electron chi connectivity index (χ0n) is 13.4. The molecule has 4 nitrogen and oxygen atoms in total. The molecule has 0 N–H and O–H groups in total. The maximum atomic E-state index is 12.9. The van der Waals surface area contributed by atoms with Crippen LogP contribution < -0.4 is 4.74 Å². The summed E-state index contributed by atoms with van der Waals surface area (Å²) in [5, 5.41) is 0. The van der Waals surface area contributed by atoms with Gasteiger partial charge in [0.2, 0.25) is 10.0 Å². The van der Waals surface area contributed by atoms with Gasteiger partial charge in [-0.2, -0.15) is 4.31 Å². The van der Waals surface area contributed by atoms with Gasteiger partial charge in [0, 0.05) is 13.6 Å². The Hall–Kier alpha value is -1.92. The number of nitrogens with zero attached hydrogens (tertiary/aromatic N) is 1. The van der Waals surface area contributed by atoms with Gasteiger partial charge >= 0.3 is 0 Å². The molecule has 2 aromatic carbocycles. The summed E-state index contributed by atoms with van der Waals surface area (Å²) >= 11 is 0. The van der Waals surface area contributed by atoms with Crippen molar-refractivity contribution in [2.45, 2.75) is 18.7 Å². The van der Waals surface area contributed by atoms with Gasteiger partial charge in [-0.05, 0) is 61.4 Å². The average Bonchev–Trinajstić information content (AvgIpc) is 2.46. The molecule has 0 bridgehead atoms. The lowest BCUT2D eigenvalue weighted by Gasteiger charge is -2.17. The van der Waals surface area contributed by atoms with Crippen LogP contribution in [-0.2, 0) is 10.0 Å². The number of hydrogen-bond acceptors (Lipinski definition) is 3. The van der Waals surface area contributed by atoms with Crippen molar-refractivity contribution in [3.8, 4) is 5.75 Å². The van der Waals surface area contributed by atoms with Crippen LogP contribution in [0.2, 0.25) is 0 Å². The summed E-state index contributed by atoms with van der Waals surface area (Å²) < 4.78 is 44.4. The van der Waals surface area contributed by atoms with Gasteiger partial charge < -0.3 is 4.74 Å². The minimum Gasteiger partial charge on any atom is -0.492 e. The second-order valence-electron chi connectivity index (χ2n) is 5.45. The fraction of sp³-hybridized carbons (Fsp3) is 0.294. The number of likely N-dealkylation sites (N-methyl/N-ethyl adjacent to an activating group) is 1. The Kier molecular flexibility index (Phi) is 5.38. The lowest BCUT2D eigenvalue weighted by atomic mass is 10.1. The Morgan fingerprint density at radius 3 is 2.17 bits per heavy atom. The highest BCUT2D eigenvalue weighted by atomic mass is 32.2. The monoisotopic (exact) mass is 337 g/mol. The summed E-state index contributed by atoms with van der Waals surface area (Å²) in [5.74, 6) is 0.250. The van der Waals surface area contributed by atoms with Crippen molar-refractivity contribution in [2.24, 2.45) is 0 Å². The van der Waals surface area contributed by atoms with Gasteiger partial charge in [-0.3, -0.25) is 0 Å². The molecule has 0 heterocycles. The Bertz CT molecular complexity index is 753. The molecule has 6 heteroatoms. The Morgan fingerprint density at radius 2 is 1.61 bits per heavy atom. The maximum absolute atomic E-state index is 12.9. The molecular formula is C17H20FNO3S. The van der Waals surface area contributed by atoms with E-state index < -0.39 is 15.8 Å². The molecule has 2 rings (SSSR count). The molecule has 0 amide bonds. The zero-order chi connectivity index (χ0) is 17.0. The Labute approximate surface area is 136 Å². The van der Waals surface area contributed by atoms with Crippen LogP contribution in [0.5, 0.6) is 5.75 Å². The van der Waals surface area contributed by atoms with Gasteiger partial charge in [0.15, 0.2) is 0 Å². The quantitative estimate of drug-likeness (QED) is 0.813. The summed E-state index contributed by atoms with van der Waals surface area (Å²) in [5.41, 5.74) is 2.18. The molecule has 0 fully saturated rings. The molecule has 2 aromatic rings. The number of hydrogen-bond donors (Lipinski definition) is 0. The van der Waals surface area contributed by atoms with E-state index in [4.69, 9.17) is 4.74 Å². The van der Waals surface area contributed by atoms with Crippen molar-refractivity contribution in [3.05, 3.63) is 59.4 Å². The highest BCUT2D eigenvalue weighted by Gasteiger charge is 2.20. The van der Waals surface area contributed by atoms with Gasteiger partial charge in [-0.25, -0.2) is 12.8 Å². The van der Waals surface area contributed by atoms with E-state index in [1.807, 2.05) is 32.0 Å². The topological polar surface area (TPSA) is 46.6 Å². The number of benzene rings is 2. The predicted octanol–water partition coefficient (Wildman–Crippen LogP) is 3.14. The fourth-order valence-corrected chi connectivity index (χ4v) is 3.37. The minimum atomic E-state index is -3.64. The highest BCUT2D eigenvalue weighted by Crippen LogP contribution is 2.17. The summed E-state index contributed by atoms with van der Waals surface area (Å²) in [7, 11) is -2.16. The molecule has 0 aromatic heterocycles. The molecule has 0 saturated carbocycles. The molecular weight excluding hydrogens is 317 g/mol. The molecule has 124 valence electrons. The summed E-state index contributed by atoms with van der Waals surface area (Å²) in [4.78, 5) is 0.0628. The van der Waals surface area contributed by atoms with Crippen LogP contribution in [0.4, 0.5) is 4.39 Å². The highest BCUT2D eigenvalue weighted by molar-refractivity contribution is 7.89. The second kappa shape index (κ2) is 7.10. The van der Waals surface area contributed by atoms with E-state index in [1.165, 1.54) is 23.5 Å². The molecule has 0 aliphatic rings. The van der Waals surface area contributed by atoms with E-state index in [0.717, 1.165) is 29.0 Å². The lowest BCUT2D eigenvalue weighted by molar-refractivity contribution is 0.286. The van der Waals surface area contributed by atoms with Gasteiger partial charge in [0.05, 0.1) is 4.90 Å². The minimum absolute atomic E-state index is 0.0628. The van der Waals surface area contributed by atoms with Gasteiger partial charge in [0.25, 0.3) is 0 Å². The standard InChI is InChI=1S/C17H20FNO3S/c1-13-10-14(2)12-16(11-13)22-9-8-19(3)23(20,21)17-6-4-15(18)5-7-17/h4-7,10-12H,8-9H2,1-3H3. The SMILES string of the molecule is Cc1cc(C)cc(OCCN(C)S(=O)(=O)c2ccc(F)cc2)c1. The molecule has 23 heavy (non-hydrogen) atoms. The van der Waals surface area contributed by atoms with E-state index >= 15 is 0 Å². The molecule has 0 atom stereocenters. The fourth-order valence-electron chi connectivity index (χ4n) is 2.21. The van der Waals surface area contributed by atoms with E-state index in [2.05, 4.69) is 0 Å². The Balaban J connectivity index is 1.98. The largest absolute Gasteiger partial charge is 0.492 e. The van der Waals surface area contributed by atoms with E-state index in [9.17, 15) is 12.8 Å². The molecule has 0 radical (unpaired) electrons. The van der Waals surface area contributed by atoms with Crippen molar-refractivity contribution in [1.82, 2.24) is 4.31 Å². The van der Waals surface area contributed by atoms with Crippen molar-refractivity contribution < 1.29 is 17.5 Å². The van der Waals surface area contributed by atoms with Crippen LogP contribution in [0.3, 0.4) is 0 Å². The number of rotatable bonds is 6. The third-order valence-electron chi connectivity index (χ3n) is 3.39. The van der Waals surface area contributed by atoms with Crippen LogP contribution in [0, 0.1) is 19.7 Å². The Morgan fingerprint density at radius 1 is 1.04 bits per heavy atom. The van der Waals surface area contributed by atoms with Crippen LogP contribution in [0.25, 0.3) is 0 Å². The second-order valence-corrected chi connectivity index (χ2v) is 7.50. The summed E-state index contributed by atoms with van der Waals surface area (Å²) in [6.45, 7) is 4.39. The number of ether oxygens (including phenoxy) is 1. The number of sulfonamides is 1. The van der Waals surface area contributed by atoms with Crippen LogP contribution in [0.15, 0.2) is 47.4 Å². The van der Waals surface area contributed by atoms with Crippen molar-refractivity contribution in [2.75, 3.05) is 20.2 Å². The molecule has 0 spiro atoms. The normalized spacial score (nSPS) is 11.7. The van der Waals surface area contributed by atoms with E-state index in [-0.39, 0.29) is 18.0 Å². The van der Waals surface area contributed by atoms with Crippen LogP contribution in [0.1, 0.15) is 11.1 Å². The molecule has 0 saturated heterocycles. The maximum Gasteiger partial charge on any atom is 0.242 e. The van der Waals surface area contributed by atoms with Crippen molar-refractivity contribution >= 4 is 10.0 Å². The first-order chi connectivity index (χ1) is 10.8. The third-order valence-corrected chi connectivity index (χ3v) is 5.26. The number of aryl methyl sites for hydroxylation is 2. The zero-order valence-corrected chi connectivity index (χ0v) is 14.2. The van der Waals surface area contributed by atoms with Gasteiger partial charge in [-0.1, -0.05) is 6.07 Å². The molecule has 0 unspecified atom stereocenters. The lowest BCUT2D eigenvalue weighted by Crippen LogP contribution is -2.31. The smallest absolute Gasteiger partial charge is 0.242 e. The average molecular weight is 337 g/mol. The van der Waals surface area contributed by atoms with Crippen molar-refractivity contribution in [3.63, 3.8) is 0 Å². The molecule has 0 aliphatic heterocycles. The van der Waals surface area contributed by atoms with E-state index in [1.54, 1.807) is 0 Å². The predicted molar refractivity (Wildman–Crippen MR) is 87.6 cm³/mol. The van der Waals surface area contributed by atoms with E-state index in [0.29, 0.717) is 0 Å². The first-order valence-corrected chi connectivity index (χ1v) is 8.66. The van der Waals surface area contributed by atoms with Crippen molar-refractivity contribution in [1.29, 1.82) is 0 Å². The first kappa shape index (κ1) is 17.4. The third kappa shape index (κ3) is 4.53. The van der Waals surface area contributed by atoms with Gasteiger partial charge in [0.1, 0.15) is 18.2 Å². The first-order valence-electron chi connectivity index (χ1n) is 7.22. The van der Waals surface area contributed by atoms with Crippen LogP contribution >= 0.6 is 0 Å². The van der Waals surface area contributed by atoms with Crippen LogP contribution in [-0.4, -0.2) is 32.9 Å². The number of halogens is 1. The summed E-state index contributed by atoms with van der Waals surface area (Å²) in [6.07, 6.45) is 0. The summed E-state index contributed by atoms with van der Waals surface area (Å²) in [6, 6.07) is 10.6. The van der Waals surface area contributed by atoms with Gasteiger partial charge in [-0.15, -0.1) is 0 Å². The molecule has 0 aliphatic carbocycles.